The Hall–Kier alpha value is -3.37. The average molecular weight is 489 g/mol. The molecule has 1 saturated heterocycles. The van der Waals surface area contributed by atoms with Gasteiger partial charge in [0.25, 0.3) is 5.91 Å². The largest absolute Gasteiger partial charge is 0.487 e. The van der Waals surface area contributed by atoms with Crippen LogP contribution >= 0.6 is 11.6 Å². The average Bonchev–Trinajstić information content (AvgIpc) is 3.30. The Kier molecular flexibility index (Phi) is 6.90. The maximum atomic E-state index is 12.9. The smallest absolute Gasteiger partial charge is 0.420 e. The molecular formula is C23H23ClF2N6O2. The SMILES string of the molecule is CN(C)[C@@H]1CCN(c2ncc(C(=O)Nc3ccc(OC(F)(F)Cl)cc3)cc2-c2cnccn2)C1. The van der Waals surface area contributed by atoms with Gasteiger partial charge in [0.2, 0.25) is 0 Å². The van der Waals surface area contributed by atoms with Crippen molar-refractivity contribution in [2.24, 2.45) is 0 Å². The molecule has 8 nitrogen and oxygen atoms in total. The number of pyridine rings is 1. The molecule has 1 atom stereocenters. The lowest BCUT2D eigenvalue weighted by Gasteiger charge is -2.23. The molecule has 0 spiro atoms. The molecule has 1 aliphatic rings. The number of nitrogens with one attached hydrogen (secondary N) is 1. The molecule has 11 heteroatoms. The van der Waals surface area contributed by atoms with Crippen LogP contribution in [-0.4, -0.2) is 64.6 Å². The maximum Gasteiger partial charge on any atom is 0.487 e. The Morgan fingerprint density at radius 2 is 1.97 bits per heavy atom. The van der Waals surface area contributed by atoms with Gasteiger partial charge >= 0.3 is 5.57 Å². The van der Waals surface area contributed by atoms with E-state index in [0.29, 0.717) is 28.6 Å². The summed E-state index contributed by atoms with van der Waals surface area (Å²) in [6.45, 7) is 1.65. The number of hydrogen-bond acceptors (Lipinski definition) is 7. The molecule has 34 heavy (non-hydrogen) atoms. The molecule has 0 unspecified atom stereocenters. The lowest BCUT2D eigenvalue weighted by Crippen LogP contribution is -2.32. The first-order valence-electron chi connectivity index (χ1n) is 10.5. The molecule has 0 aliphatic carbocycles. The second kappa shape index (κ2) is 9.86. The molecule has 0 bridgehead atoms. The van der Waals surface area contributed by atoms with Gasteiger partial charge in [0.05, 0.1) is 17.5 Å². The van der Waals surface area contributed by atoms with Gasteiger partial charge in [-0.05, 0) is 50.8 Å². The highest BCUT2D eigenvalue weighted by molar-refractivity contribution is 6.20. The van der Waals surface area contributed by atoms with E-state index in [-0.39, 0.29) is 5.75 Å². The first kappa shape index (κ1) is 23.8. The number of carbonyl (C=O) groups excluding carboxylic acids is 1. The number of likely N-dealkylation sites (N-methyl/N-ethyl adjacent to an activating group) is 1. The maximum absolute atomic E-state index is 12.9. The van der Waals surface area contributed by atoms with Crippen LogP contribution in [0, 0.1) is 0 Å². The van der Waals surface area contributed by atoms with E-state index in [1.165, 1.54) is 30.5 Å². The van der Waals surface area contributed by atoms with E-state index in [1.807, 2.05) is 0 Å². The van der Waals surface area contributed by atoms with Crippen LogP contribution in [0.4, 0.5) is 20.3 Å². The molecule has 4 rings (SSSR count). The van der Waals surface area contributed by atoms with E-state index >= 15 is 0 Å². The molecule has 1 N–H and O–H groups in total. The van der Waals surface area contributed by atoms with Crippen LogP contribution in [0.5, 0.6) is 5.75 Å². The highest BCUT2D eigenvalue weighted by Crippen LogP contribution is 2.31. The first-order valence-corrected chi connectivity index (χ1v) is 10.9. The van der Waals surface area contributed by atoms with Crippen molar-refractivity contribution in [1.82, 2.24) is 19.9 Å². The number of aromatic nitrogens is 3. The molecule has 1 fully saturated rings. The van der Waals surface area contributed by atoms with Crippen molar-refractivity contribution in [3.8, 4) is 17.0 Å². The number of nitrogens with zero attached hydrogens (tertiary/aromatic N) is 5. The Morgan fingerprint density at radius 3 is 2.59 bits per heavy atom. The molecule has 0 radical (unpaired) electrons. The molecule has 1 aromatic carbocycles. The molecule has 178 valence electrons. The van der Waals surface area contributed by atoms with Gasteiger partial charge in [-0.1, -0.05) is 0 Å². The molecule has 2 aromatic heterocycles. The number of ether oxygens (including phenoxy) is 1. The zero-order valence-electron chi connectivity index (χ0n) is 18.6. The predicted molar refractivity (Wildman–Crippen MR) is 125 cm³/mol. The lowest BCUT2D eigenvalue weighted by molar-refractivity contribution is -0.0964. The van der Waals surface area contributed by atoms with Crippen LogP contribution in [-0.2, 0) is 0 Å². The van der Waals surface area contributed by atoms with E-state index in [2.05, 4.69) is 48.9 Å². The molecule has 1 amide bonds. The monoisotopic (exact) mass is 488 g/mol. The number of hydrogen-bond donors (Lipinski definition) is 1. The highest BCUT2D eigenvalue weighted by Gasteiger charge is 2.28. The van der Waals surface area contributed by atoms with Gasteiger partial charge in [-0.15, -0.1) is 8.78 Å². The second-order valence-corrected chi connectivity index (χ2v) is 8.50. The van der Waals surface area contributed by atoms with E-state index in [0.717, 1.165) is 25.3 Å². The second-order valence-electron chi connectivity index (χ2n) is 8.06. The first-order chi connectivity index (χ1) is 16.2. The van der Waals surface area contributed by atoms with Gasteiger partial charge in [0, 0.05) is 60.6 Å². The van der Waals surface area contributed by atoms with Crippen molar-refractivity contribution in [3.63, 3.8) is 0 Å². The van der Waals surface area contributed by atoms with Crippen molar-refractivity contribution in [2.45, 2.75) is 18.0 Å². The topological polar surface area (TPSA) is 83.5 Å². The van der Waals surface area contributed by atoms with Crippen LogP contribution in [0.3, 0.4) is 0 Å². The standard InChI is InChI=1S/C23H23ClF2N6O2/c1-31(2)17-7-10-32(14-17)21-19(20-13-27-8-9-28-20)11-15(12-29-21)22(33)30-16-3-5-18(6-4-16)34-23(24,25)26/h3-6,8-9,11-13,17H,7,10,14H2,1-2H3,(H,30,33)/t17-/m1/s1. The third-order valence-corrected chi connectivity index (χ3v) is 5.58. The van der Waals surface area contributed by atoms with Crippen molar-refractivity contribution in [1.29, 1.82) is 0 Å². The summed E-state index contributed by atoms with van der Waals surface area (Å²) in [6, 6.07) is 7.58. The zero-order valence-corrected chi connectivity index (χ0v) is 19.3. The summed E-state index contributed by atoms with van der Waals surface area (Å²) in [7, 11) is 4.11. The fraction of sp³-hybridized carbons (Fsp3) is 0.304. The van der Waals surface area contributed by atoms with E-state index in [4.69, 9.17) is 11.6 Å². The van der Waals surface area contributed by atoms with E-state index in [1.54, 1.807) is 24.7 Å². The van der Waals surface area contributed by atoms with E-state index in [9.17, 15) is 13.6 Å². The quantitative estimate of drug-likeness (QED) is 0.501. The third kappa shape index (κ3) is 5.75. The lowest BCUT2D eigenvalue weighted by atomic mass is 10.1. The third-order valence-electron chi connectivity index (χ3n) is 5.51. The number of anilines is 2. The number of halogens is 3. The minimum Gasteiger partial charge on any atom is -0.420 e. The number of carbonyl (C=O) groups is 1. The van der Waals surface area contributed by atoms with Crippen molar-refractivity contribution in [2.75, 3.05) is 37.4 Å². The van der Waals surface area contributed by atoms with Crippen molar-refractivity contribution < 1.29 is 18.3 Å². The highest BCUT2D eigenvalue weighted by atomic mass is 35.5. The molecule has 0 saturated carbocycles. The van der Waals surface area contributed by atoms with Gasteiger partial charge in [-0.3, -0.25) is 14.8 Å². The fourth-order valence-electron chi connectivity index (χ4n) is 3.76. The minimum atomic E-state index is -3.81. The number of alkyl halides is 3. The summed E-state index contributed by atoms with van der Waals surface area (Å²) in [5, 5.41) is 2.73. The Balaban J connectivity index is 1.57. The van der Waals surface area contributed by atoms with Gasteiger partial charge in [-0.25, -0.2) is 4.98 Å². The Bertz CT molecular complexity index is 1140. The number of benzene rings is 1. The van der Waals surface area contributed by atoms with Crippen LogP contribution in [0.15, 0.2) is 55.1 Å². The number of rotatable bonds is 7. The zero-order chi connectivity index (χ0) is 24.3. The summed E-state index contributed by atoms with van der Waals surface area (Å²) >= 11 is 4.77. The fourth-order valence-corrected chi connectivity index (χ4v) is 3.85. The van der Waals surface area contributed by atoms with Crippen LogP contribution in [0.1, 0.15) is 16.8 Å². The van der Waals surface area contributed by atoms with Gasteiger partial charge < -0.3 is 19.9 Å². The van der Waals surface area contributed by atoms with E-state index < -0.39 is 11.5 Å². The summed E-state index contributed by atoms with van der Waals surface area (Å²) < 4.78 is 29.8. The van der Waals surface area contributed by atoms with Crippen LogP contribution < -0.4 is 15.0 Å². The number of amides is 1. The van der Waals surface area contributed by atoms with Crippen LogP contribution in [0.25, 0.3) is 11.3 Å². The van der Waals surface area contributed by atoms with Crippen molar-refractivity contribution >= 4 is 29.0 Å². The predicted octanol–water partition coefficient (Wildman–Crippen LogP) is 4.10. The van der Waals surface area contributed by atoms with Gasteiger partial charge in [-0.2, -0.15) is 0 Å². The molecule has 3 heterocycles. The summed E-state index contributed by atoms with van der Waals surface area (Å²) in [5.41, 5.74) is -1.78. The summed E-state index contributed by atoms with van der Waals surface area (Å²) in [6.07, 6.45) is 7.32. The van der Waals surface area contributed by atoms with Gasteiger partial charge in [0.15, 0.2) is 0 Å². The van der Waals surface area contributed by atoms with Gasteiger partial charge in [0.1, 0.15) is 11.6 Å². The summed E-state index contributed by atoms with van der Waals surface area (Å²) in [5.74, 6) is 0.202. The molecule has 1 aliphatic heterocycles. The molecular weight excluding hydrogens is 466 g/mol. The van der Waals surface area contributed by atoms with Crippen molar-refractivity contribution in [3.05, 3.63) is 60.7 Å². The van der Waals surface area contributed by atoms with Crippen LogP contribution in [0.2, 0.25) is 0 Å². The minimum absolute atomic E-state index is 0.129. The Morgan fingerprint density at radius 1 is 1.21 bits per heavy atom. The Labute approximate surface area is 200 Å². The molecule has 3 aromatic rings. The normalized spacial score (nSPS) is 16.1. The summed E-state index contributed by atoms with van der Waals surface area (Å²) in [4.78, 5) is 30.4.